The highest BCUT2D eigenvalue weighted by Gasteiger charge is 2.25. The van der Waals surface area contributed by atoms with Crippen LogP contribution in [-0.2, 0) is 15.8 Å². The summed E-state index contributed by atoms with van der Waals surface area (Å²) in [5.41, 5.74) is 1.28. The van der Waals surface area contributed by atoms with Gasteiger partial charge in [0.25, 0.3) is 5.91 Å². The van der Waals surface area contributed by atoms with Crippen LogP contribution in [0.2, 0.25) is 0 Å². The Kier molecular flexibility index (Phi) is 6.18. The standard InChI is InChI=1S/C17H26N2O3S/c1-3-6-14(2)18-17(20)16-9-7-15(8-10-16)13-23(21,22)19-11-4-5-12-19/h7-10,14H,3-6,11-13H2,1-2H3,(H,18,20)/t14-/m1/s1. The molecule has 2 rings (SSSR count). The van der Waals surface area contributed by atoms with Gasteiger partial charge in [-0.2, -0.15) is 0 Å². The number of benzene rings is 1. The zero-order valence-corrected chi connectivity index (χ0v) is 14.7. The van der Waals surface area contributed by atoms with Crippen molar-refractivity contribution < 1.29 is 13.2 Å². The van der Waals surface area contributed by atoms with Crippen molar-refractivity contribution in [3.8, 4) is 0 Å². The predicted molar refractivity (Wildman–Crippen MR) is 91.7 cm³/mol. The Morgan fingerprint density at radius 2 is 1.83 bits per heavy atom. The van der Waals surface area contributed by atoms with Crippen LogP contribution >= 0.6 is 0 Å². The summed E-state index contributed by atoms with van der Waals surface area (Å²) < 4.78 is 26.1. The average Bonchev–Trinajstić information content (AvgIpc) is 3.03. The molecule has 0 spiro atoms. The van der Waals surface area contributed by atoms with Gasteiger partial charge in [0.2, 0.25) is 10.0 Å². The van der Waals surface area contributed by atoms with Gasteiger partial charge in [-0.25, -0.2) is 12.7 Å². The van der Waals surface area contributed by atoms with Gasteiger partial charge in [-0.05, 0) is 43.9 Å². The van der Waals surface area contributed by atoms with Crippen LogP contribution in [0.15, 0.2) is 24.3 Å². The maximum absolute atomic E-state index is 12.3. The van der Waals surface area contributed by atoms with Gasteiger partial charge in [0.15, 0.2) is 0 Å². The molecule has 1 aliphatic rings. The maximum atomic E-state index is 12.3. The van der Waals surface area contributed by atoms with E-state index in [2.05, 4.69) is 12.2 Å². The molecule has 1 saturated heterocycles. The van der Waals surface area contributed by atoms with Gasteiger partial charge in [-0.15, -0.1) is 0 Å². The second kappa shape index (κ2) is 7.93. The van der Waals surface area contributed by atoms with Crippen molar-refractivity contribution in [3.05, 3.63) is 35.4 Å². The van der Waals surface area contributed by atoms with E-state index in [0.29, 0.717) is 18.7 Å². The van der Waals surface area contributed by atoms with Gasteiger partial charge in [-0.1, -0.05) is 25.5 Å². The molecular formula is C17H26N2O3S. The number of hydrogen-bond donors (Lipinski definition) is 1. The van der Waals surface area contributed by atoms with Crippen LogP contribution in [0, 0.1) is 0 Å². The molecule has 1 aliphatic heterocycles. The molecule has 1 fully saturated rings. The van der Waals surface area contributed by atoms with E-state index in [9.17, 15) is 13.2 Å². The Balaban J connectivity index is 1.97. The third-order valence-electron chi connectivity index (χ3n) is 4.12. The van der Waals surface area contributed by atoms with Gasteiger partial charge in [0.1, 0.15) is 0 Å². The molecule has 23 heavy (non-hydrogen) atoms. The average molecular weight is 338 g/mol. The minimum absolute atomic E-state index is 0.00113. The topological polar surface area (TPSA) is 66.5 Å². The first-order valence-electron chi connectivity index (χ1n) is 8.30. The van der Waals surface area contributed by atoms with Crippen LogP contribution in [0.4, 0.5) is 0 Å². The summed E-state index contributed by atoms with van der Waals surface area (Å²) in [6.45, 7) is 5.31. The number of carbonyl (C=O) groups excluding carboxylic acids is 1. The van der Waals surface area contributed by atoms with Gasteiger partial charge in [0.05, 0.1) is 5.75 Å². The van der Waals surface area contributed by atoms with E-state index < -0.39 is 10.0 Å². The van der Waals surface area contributed by atoms with E-state index in [-0.39, 0.29) is 17.7 Å². The number of amides is 1. The fourth-order valence-corrected chi connectivity index (χ4v) is 4.44. The highest BCUT2D eigenvalue weighted by molar-refractivity contribution is 7.88. The van der Waals surface area contributed by atoms with E-state index in [4.69, 9.17) is 0 Å². The van der Waals surface area contributed by atoms with E-state index in [1.165, 1.54) is 0 Å². The normalized spacial score (nSPS) is 17.1. The van der Waals surface area contributed by atoms with Crippen LogP contribution in [0.1, 0.15) is 55.5 Å². The van der Waals surface area contributed by atoms with Crippen molar-refractivity contribution in [2.45, 2.75) is 51.3 Å². The largest absolute Gasteiger partial charge is 0.350 e. The van der Waals surface area contributed by atoms with Crippen LogP contribution in [0.5, 0.6) is 0 Å². The van der Waals surface area contributed by atoms with Gasteiger partial charge in [0, 0.05) is 24.7 Å². The van der Waals surface area contributed by atoms with Crippen LogP contribution < -0.4 is 5.32 Å². The lowest BCUT2D eigenvalue weighted by molar-refractivity contribution is 0.0938. The van der Waals surface area contributed by atoms with E-state index >= 15 is 0 Å². The van der Waals surface area contributed by atoms with Crippen LogP contribution in [0.25, 0.3) is 0 Å². The molecule has 1 aromatic rings. The van der Waals surface area contributed by atoms with Gasteiger partial charge in [-0.3, -0.25) is 4.79 Å². The molecule has 0 aliphatic carbocycles. The number of nitrogens with one attached hydrogen (secondary N) is 1. The quantitative estimate of drug-likeness (QED) is 0.831. The lowest BCUT2D eigenvalue weighted by Crippen LogP contribution is -2.32. The second-order valence-corrected chi connectivity index (χ2v) is 8.19. The summed E-state index contributed by atoms with van der Waals surface area (Å²) in [7, 11) is -3.24. The molecule has 1 aromatic carbocycles. The van der Waals surface area contributed by atoms with E-state index in [1.807, 2.05) is 6.92 Å². The van der Waals surface area contributed by atoms with E-state index in [1.54, 1.807) is 28.6 Å². The van der Waals surface area contributed by atoms with Crippen molar-refractivity contribution in [1.29, 1.82) is 0 Å². The fraction of sp³-hybridized carbons (Fsp3) is 0.588. The molecule has 0 unspecified atom stereocenters. The summed E-state index contributed by atoms with van der Waals surface area (Å²) in [6, 6.07) is 6.99. The lowest BCUT2D eigenvalue weighted by atomic mass is 10.1. The number of rotatable bonds is 7. The third kappa shape index (κ3) is 5.04. The molecule has 5 nitrogen and oxygen atoms in total. The van der Waals surface area contributed by atoms with E-state index in [0.717, 1.165) is 31.2 Å². The second-order valence-electron chi connectivity index (χ2n) is 6.22. The Morgan fingerprint density at radius 3 is 2.39 bits per heavy atom. The molecule has 1 amide bonds. The molecule has 0 radical (unpaired) electrons. The Bertz CT molecular complexity index is 620. The summed E-state index contributed by atoms with van der Waals surface area (Å²) >= 11 is 0. The van der Waals surface area contributed by atoms with Crippen molar-refractivity contribution in [2.75, 3.05) is 13.1 Å². The molecule has 0 bridgehead atoms. The molecule has 1 heterocycles. The molecule has 128 valence electrons. The first kappa shape index (κ1) is 17.9. The molecule has 1 N–H and O–H groups in total. The lowest BCUT2D eigenvalue weighted by Gasteiger charge is -2.16. The minimum Gasteiger partial charge on any atom is -0.350 e. The van der Waals surface area contributed by atoms with Crippen LogP contribution in [-0.4, -0.2) is 37.8 Å². The highest BCUT2D eigenvalue weighted by atomic mass is 32.2. The SMILES string of the molecule is CCC[C@@H](C)NC(=O)c1ccc(CS(=O)(=O)N2CCCC2)cc1. The van der Waals surface area contributed by atoms with Crippen molar-refractivity contribution in [1.82, 2.24) is 9.62 Å². The van der Waals surface area contributed by atoms with Crippen LogP contribution in [0.3, 0.4) is 0 Å². The molecule has 0 aromatic heterocycles. The fourth-order valence-electron chi connectivity index (χ4n) is 2.83. The first-order chi connectivity index (χ1) is 10.9. The molecule has 0 saturated carbocycles. The number of nitrogens with zero attached hydrogens (tertiary/aromatic N) is 1. The summed E-state index contributed by atoms with van der Waals surface area (Å²) in [5.74, 6) is -0.110. The van der Waals surface area contributed by atoms with Crippen molar-refractivity contribution in [3.63, 3.8) is 0 Å². The predicted octanol–water partition coefficient (Wildman–Crippen LogP) is 2.53. The van der Waals surface area contributed by atoms with Gasteiger partial charge >= 0.3 is 0 Å². The number of hydrogen-bond acceptors (Lipinski definition) is 3. The van der Waals surface area contributed by atoms with Gasteiger partial charge < -0.3 is 5.32 Å². The maximum Gasteiger partial charge on any atom is 0.251 e. The zero-order chi connectivity index (χ0) is 16.9. The Labute approximate surface area is 139 Å². The first-order valence-corrected chi connectivity index (χ1v) is 9.91. The smallest absolute Gasteiger partial charge is 0.251 e. The number of carbonyl (C=O) groups is 1. The Morgan fingerprint density at radius 1 is 1.22 bits per heavy atom. The highest BCUT2D eigenvalue weighted by Crippen LogP contribution is 2.17. The summed E-state index contributed by atoms with van der Waals surface area (Å²) in [5, 5.41) is 2.94. The summed E-state index contributed by atoms with van der Waals surface area (Å²) in [6.07, 6.45) is 3.84. The zero-order valence-electron chi connectivity index (χ0n) is 13.9. The number of sulfonamides is 1. The minimum atomic E-state index is -3.24. The molecule has 1 atom stereocenters. The van der Waals surface area contributed by atoms with Crippen molar-refractivity contribution in [2.24, 2.45) is 0 Å². The molecule has 6 heteroatoms. The monoisotopic (exact) mass is 338 g/mol. The Hall–Kier alpha value is -1.40. The third-order valence-corrected chi connectivity index (χ3v) is 5.97. The molecular weight excluding hydrogens is 312 g/mol. The summed E-state index contributed by atoms with van der Waals surface area (Å²) in [4.78, 5) is 12.1. The van der Waals surface area contributed by atoms with Crippen molar-refractivity contribution >= 4 is 15.9 Å².